The van der Waals surface area contributed by atoms with Gasteiger partial charge in [0.15, 0.2) is 0 Å². The van der Waals surface area contributed by atoms with Gasteiger partial charge in [0.25, 0.3) is 0 Å². The van der Waals surface area contributed by atoms with Crippen molar-refractivity contribution in [2.45, 2.75) is 12.5 Å². The van der Waals surface area contributed by atoms with E-state index in [2.05, 4.69) is 15.9 Å². The average Bonchev–Trinajstić information content (AvgIpc) is 2.15. The second-order valence-electron chi connectivity index (χ2n) is 2.52. The average molecular weight is 227 g/mol. The first-order valence-corrected chi connectivity index (χ1v) is 4.74. The molecule has 2 heteroatoms. The van der Waals surface area contributed by atoms with Gasteiger partial charge in [-0.25, -0.2) is 0 Å². The lowest BCUT2D eigenvalue weighted by Gasteiger charge is -2.06. The molecule has 64 valence electrons. The molecule has 12 heavy (non-hydrogen) atoms. The SMILES string of the molecule is O[C@H](C/C=C/Br)c1ccccc1. The van der Waals surface area contributed by atoms with E-state index in [9.17, 15) is 5.11 Å². The minimum atomic E-state index is -0.389. The van der Waals surface area contributed by atoms with E-state index < -0.39 is 0 Å². The third-order valence-electron chi connectivity index (χ3n) is 1.63. The van der Waals surface area contributed by atoms with Crippen LogP contribution in [0.5, 0.6) is 0 Å². The number of benzene rings is 1. The fraction of sp³-hybridized carbons (Fsp3) is 0.200. The van der Waals surface area contributed by atoms with Crippen molar-refractivity contribution in [3.05, 3.63) is 47.0 Å². The predicted octanol–water partition coefficient (Wildman–Crippen LogP) is 3.02. The molecule has 0 radical (unpaired) electrons. The van der Waals surface area contributed by atoms with E-state index in [4.69, 9.17) is 0 Å². The first-order valence-electron chi connectivity index (χ1n) is 3.83. The molecule has 1 atom stereocenters. The Bertz CT molecular complexity index is 243. The van der Waals surface area contributed by atoms with Crippen LogP contribution in [0.15, 0.2) is 41.4 Å². The Morgan fingerprint density at radius 2 is 2.00 bits per heavy atom. The minimum absolute atomic E-state index is 0.389. The van der Waals surface area contributed by atoms with Crippen LogP contribution in [-0.2, 0) is 0 Å². The molecule has 1 rings (SSSR count). The Labute approximate surface area is 80.9 Å². The van der Waals surface area contributed by atoms with Gasteiger partial charge in [0.2, 0.25) is 0 Å². The van der Waals surface area contributed by atoms with Crippen molar-refractivity contribution in [2.24, 2.45) is 0 Å². The predicted molar refractivity (Wildman–Crippen MR) is 54.1 cm³/mol. The van der Waals surface area contributed by atoms with Gasteiger partial charge in [-0.2, -0.15) is 0 Å². The summed E-state index contributed by atoms with van der Waals surface area (Å²) < 4.78 is 0. The van der Waals surface area contributed by atoms with Crippen LogP contribution >= 0.6 is 15.9 Å². The highest BCUT2D eigenvalue weighted by Gasteiger charge is 2.02. The number of rotatable bonds is 3. The summed E-state index contributed by atoms with van der Waals surface area (Å²) in [6.07, 6.45) is 2.15. The van der Waals surface area contributed by atoms with Gasteiger partial charge >= 0.3 is 0 Å². The normalized spacial score (nSPS) is 13.5. The third kappa shape index (κ3) is 2.80. The van der Waals surface area contributed by atoms with Crippen molar-refractivity contribution in [3.8, 4) is 0 Å². The molecule has 0 bridgehead atoms. The summed E-state index contributed by atoms with van der Waals surface area (Å²) in [5.41, 5.74) is 0.961. The molecule has 0 amide bonds. The minimum Gasteiger partial charge on any atom is -0.388 e. The van der Waals surface area contributed by atoms with Crippen LogP contribution in [0, 0.1) is 0 Å². The van der Waals surface area contributed by atoms with Crippen LogP contribution < -0.4 is 0 Å². The topological polar surface area (TPSA) is 20.2 Å². The molecular formula is C10H11BrO. The second kappa shape index (κ2) is 5.12. The molecule has 0 heterocycles. The van der Waals surface area contributed by atoms with Gasteiger partial charge in [-0.05, 0) is 17.0 Å². The van der Waals surface area contributed by atoms with Crippen LogP contribution in [0.2, 0.25) is 0 Å². The number of halogens is 1. The summed E-state index contributed by atoms with van der Waals surface area (Å²) in [5, 5.41) is 9.58. The number of hydrogen-bond donors (Lipinski definition) is 1. The van der Waals surface area contributed by atoms with Crippen LogP contribution in [0.3, 0.4) is 0 Å². The van der Waals surface area contributed by atoms with Crippen molar-refractivity contribution in [2.75, 3.05) is 0 Å². The number of aliphatic hydroxyl groups excluding tert-OH is 1. The smallest absolute Gasteiger partial charge is 0.0824 e. The molecule has 1 aromatic rings. The zero-order chi connectivity index (χ0) is 8.81. The third-order valence-corrected chi connectivity index (χ3v) is 2.01. The lowest BCUT2D eigenvalue weighted by atomic mass is 10.1. The molecule has 0 spiro atoms. The molecule has 0 aromatic heterocycles. The first kappa shape index (κ1) is 9.49. The highest BCUT2D eigenvalue weighted by molar-refractivity contribution is 9.11. The standard InChI is InChI=1S/C10H11BrO/c11-8-4-7-10(12)9-5-2-1-3-6-9/h1-6,8,10,12H,7H2/b8-4+/t10-/m1/s1. The molecule has 0 saturated heterocycles. The highest BCUT2D eigenvalue weighted by Crippen LogP contribution is 2.16. The summed E-state index contributed by atoms with van der Waals surface area (Å²) in [6.45, 7) is 0. The summed E-state index contributed by atoms with van der Waals surface area (Å²) in [5.74, 6) is 0. The summed E-state index contributed by atoms with van der Waals surface area (Å²) in [7, 11) is 0. The zero-order valence-corrected chi connectivity index (χ0v) is 8.24. The van der Waals surface area contributed by atoms with Crippen LogP contribution in [-0.4, -0.2) is 5.11 Å². The molecule has 1 aromatic carbocycles. The highest BCUT2D eigenvalue weighted by atomic mass is 79.9. The van der Waals surface area contributed by atoms with Crippen LogP contribution in [0.25, 0.3) is 0 Å². The fourth-order valence-electron chi connectivity index (χ4n) is 0.992. The van der Waals surface area contributed by atoms with E-state index in [0.717, 1.165) is 5.56 Å². The van der Waals surface area contributed by atoms with E-state index in [0.29, 0.717) is 6.42 Å². The Kier molecular flexibility index (Phi) is 4.05. The van der Waals surface area contributed by atoms with Crippen LogP contribution in [0.1, 0.15) is 18.1 Å². The molecule has 0 unspecified atom stereocenters. The van der Waals surface area contributed by atoms with Crippen molar-refractivity contribution < 1.29 is 5.11 Å². The van der Waals surface area contributed by atoms with Gasteiger partial charge in [-0.15, -0.1) is 0 Å². The lowest BCUT2D eigenvalue weighted by molar-refractivity contribution is 0.181. The van der Waals surface area contributed by atoms with E-state index in [1.54, 1.807) is 4.99 Å². The maximum Gasteiger partial charge on any atom is 0.0824 e. The molecule has 1 N–H and O–H groups in total. The molecule has 0 fully saturated rings. The van der Waals surface area contributed by atoms with Gasteiger partial charge in [-0.3, -0.25) is 0 Å². The Morgan fingerprint density at radius 1 is 1.33 bits per heavy atom. The molecule has 0 aliphatic heterocycles. The van der Waals surface area contributed by atoms with Gasteiger partial charge in [0, 0.05) is 0 Å². The maximum absolute atomic E-state index is 9.58. The summed E-state index contributed by atoms with van der Waals surface area (Å²) in [4.78, 5) is 1.76. The van der Waals surface area contributed by atoms with Gasteiger partial charge in [0.05, 0.1) is 6.10 Å². The maximum atomic E-state index is 9.58. The largest absolute Gasteiger partial charge is 0.388 e. The van der Waals surface area contributed by atoms with E-state index in [1.165, 1.54) is 0 Å². The van der Waals surface area contributed by atoms with Crippen molar-refractivity contribution in [1.82, 2.24) is 0 Å². The Balaban J connectivity index is 2.59. The molecule has 0 aliphatic rings. The molecule has 0 saturated carbocycles. The first-order chi connectivity index (χ1) is 5.84. The molecule has 0 aliphatic carbocycles. The van der Waals surface area contributed by atoms with Gasteiger partial charge in [-0.1, -0.05) is 52.3 Å². The van der Waals surface area contributed by atoms with Crippen molar-refractivity contribution in [1.29, 1.82) is 0 Å². The molecule has 1 nitrogen and oxygen atoms in total. The summed E-state index contributed by atoms with van der Waals surface area (Å²) in [6, 6.07) is 9.64. The number of aliphatic hydroxyl groups is 1. The van der Waals surface area contributed by atoms with Gasteiger partial charge in [0.1, 0.15) is 0 Å². The van der Waals surface area contributed by atoms with Gasteiger partial charge < -0.3 is 5.11 Å². The molecular weight excluding hydrogens is 216 g/mol. The fourth-order valence-corrected chi connectivity index (χ4v) is 1.21. The van der Waals surface area contributed by atoms with Crippen molar-refractivity contribution >= 4 is 15.9 Å². The van der Waals surface area contributed by atoms with E-state index >= 15 is 0 Å². The second-order valence-corrected chi connectivity index (χ2v) is 3.05. The lowest BCUT2D eigenvalue weighted by Crippen LogP contribution is -1.94. The zero-order valence-electron chi connectivity index (χ0n) is 6.65. The Hall–Kier alpha value is -0.600. The quantitative estimate of drug-likeness (QED) is 0.841. The van der Waals surface area contributed by atoms with E-state index in [1.807, 2.05) is 36.4 Å². The summed E-state index contributed by atoms with van der Waals surface area (Å²) >= 11 is 3.16. The monoisotopic (exact) mass is 226 g/mol. The Morgan fingerprint density at radius 3 is 2.58 bits per heavy atom. The van der Waals surface area contributed by atoms with Crippen LogP contribution in [0.4, 0.5) is 0 Å². The van der Waals surface area contributed by atoms with Crippen molar-refractivity contribution in [3.63, 3.8) is 0 Å². The number of hydrogen-bond acceptors (Lipinski definition) is 1. The van der Waals surface area contributed by atoms with E-state index in [-0.39, 0.29) is 6.10 Å².